The Morgan fingerprint density at radius 3 is 2.65 bits per heavy atom. The summed E-state index contributed by atoms with van der Waals surface area (Å²) in [6.45, 7) is 0.437. The number of amides is 2. The summed E-state index contributed by atoms with van der Waals surface area (Å²) in [7, 11) is 1.58. The lowest BCUT2D eigenvalue weighted by atomic mass is 9.84. The van der Waals surface area contributed by atoms with Crippen molar-refractivity contribution in [3.05, 3.63) is 56.6 Å². The quantitative estimate of drug-likeness (QED) is 0.810. The number of nitrogens with one attached hydrogen (secondary N) is 2. The van der Waals surface area contributed by atoms with Crippen LogP contribution in [0.1, 0.15) is 40.9 Å². The molecule has 6 nitrogen and oxygen atoms in total. The molecule has 0 atom stereocenters. The molecule has 26 heavy (non-hydrogen) atoms. The van der Waals surface area contributed by atoms with Crippen LogP contribution in [-0.2, 0) is 17.3 Å². The van der Waals surface area contributed by atoms with Crippen molar-refractivity contribution >= 4 is 23.2 Å². The van der Waals surface area contributed by atoms with E-state index in [4.69, 9.17) is 0 Å². The SMILES string of the molecule is Cn1cccc(C(=O)NCC(=O)NCC2(c3cccs3)CCCC2)c1=O. The van der Waals surface area contributed by atoms with Gasteiger partial charge in [-0.15, -0.1) is 11.3 Å². The molecule has 2 heterocycles. The lowest BCUT2D eigenvalue weighted by Gasteiger charge is -2.28. The van der Waals surface area contributed by atoms with Gasteiger partial charge in [0.15, 0.2) is 0 Å². The fourth-order valence-electron chi connectivity index (χ4n) is 3.50. The highest BCUT2D eigenvalue weighted by Crippen LogP contribution is 2.42. The second kappa shape index (κ2) is 7.86. The van der Waals surface area contributed by atoms with Crippen LogP contribution in [0, 0.1) is 0 Å². The molecule has 0 radical (unpaired) electrons. The highest BCUT2D eigenvalue weighted by atomic mass is 32.1. The van der Waals surface area contributed by atoms with Gasteiger partial charge in [0.05, 0.1) is 6.54 Å². The average molecular weight is 373 g/mol. The molecule has 7 heteroatoms. The summed E-state index contributed by atoms with van der Waals surface area (Å²) in [6, 6.07) is 7.26. The maximum absolute atomic E-state index is 12.2. The number of pyridine rings is 1. The Bertz CT molecular complexity index is 836. The van der Waals surface area contributed by atoms with Crippen LogP contribution in [-0.4, -0.2) is 29.5 Å². The number of carbonyl (C=O) groups is 2. The Kier molecular flexibility index (Phi) is 5.56. The molecule has 0 aliphatic heterocycles. The Morgan fingerprint density at radius 1 is 1.19 bits per heavy atom. The Hall–Kier alpha value is -2.41. The minimum Gasteiger partial charge on any atom is -0.354 e. The molecule has 0 spiro atoms. The van der Waals surface area contributed by atoms with E-state index in [2.05, 4.69) is 22.1 Å². The molecule has 0 bridgehead atoms. The normalized spacial score (nSPS) is 15.6. The zero-order valence-electron chi connectivity index (χ0n) is 14.8. The van der Waals surface area contributed by atoms with Crippen molar-refractivity contribution in [3.8, 4) is 0 Å². The van der Waals surface area contributed by atoms with Crippen LogP contribution < -0.4 is 16.2 Å². The van der Waals surface area contributed by atoms with Crippen molar-refractivity contribution < 1.29 is 9.59 Å². The van der Waals surface area contributed by atoms with Crippen molar-refractivity contribution in [2.45, 2.75) is 31.1 Å². The monoisotopic (exact) mass is 373 g/mol. The number of hydrogen-bond acceptors (Lipinski definition) is 4. The smallest absolute Gasteiger partial charge is 0.263 e. The highest BCUT2D eigenvalue weighted by molar-refractivity contribution is 7.10. The molecule has 0 saturated heterocycles. The zero-order chi connectivity index (χ0) is 18.6. The number of aromatic nitrogens is 1. The van der Waals surface area contributed by atoms with E-state index in [1.807, 2.05) is 6.07 Å². The summed E-state index contributed by atoms with van der Waals surface area (Å²) < 4.78 is 1.33. The second-order valence-corrected chi connectivity index (χ2v) is 7.71. The highest BCUT2D eigenvalue weighted by Gasteiger charge is 2.36. The molecular formula is C19H23N3O3S. The van der Waals surface area contributed by atoms with E-state index in [1.165, 1.54) is 28.4 Å². The maximum atomic E-state index is 12.2. The third-order valence-corrected chi connectivity index (χ3v) is 6.12. The number of carbonyl (C=O) groups excluding carboxylic acids is 2. The van der Waals surface area contributed by atoms with Crippen LogP contribution >= 0.6 is 11.3 Å². The molecule has 1 aliphatic rings. The van der Waals surface area contributed by atoms with E-state index in [1.54, 1.807) is 30.6 Å². The molecule has 1 fully saturated rings. The van der Waals surface area contributed by atoms with Gasteiger partial charge in [-0.2, -0.15) is 0 Å². The fraction of sp³-hybridized carbons (Fsp3) is 0.421. The molecule has 1 aliphatic carbocycles. The first-order valence-electron chi connectivity index (χ1n) is 8.76. The summed E-state index contributed by atoms with van der Waals surface area (Å²) in [4.78, 5) is 37.6. The van der Waals surface area contributed by atoms with Crippen LogP contribution in [0.4, 0.5) is 0 Å². The van der Waals surface area contributed by atoms with Crippen molar-refractivity contribution in [2.75, 3.05) is 13.1 Å². The number of thiophene rings is 1. The van der Waals surface area contributed by atoms with Gasteiger partial charge < -0.3 is 15.2 Å². The predicted molar refractivity (Wildman–Crippen MR) is 101 cm³/mol. The van der Waals surface area contributed by atoms with Gasteiger partial charge >= 0.3 is 0 Å². The topological polar surface area (TPSA) is 80.2 Å². The summed E-state index contributed by atoms with van der Waals surface area (Å²) in [5.74, 6) is -0.774. The second-order valence-electron chi connectivity index (χ2n) is 6.76. The van der Waals surface area contributed by atoms with Crippen molar-refractivity contribution in [1.29, 1.82) is 0 Å². The van der Waals surface area contributed by atoms with Gasteiger partial charge in [0.2, 0.25) is 5.91 Å². The van der Waals surface area contributed by atoms with Crippen LogP contribution in [0.2, 0.25) is 0 Å². The maximum Gasteiger partial charge on any atom is 0.263 e. The van der Waals surface area contributed by atoms with E-state index in [0.717, 1.165) is 12.8 Å². The van der Waals surface area contributed by atoms with Crippen LogP contribution in [0.3, 0.4) is 0 Å². The van der Waals surface area contributed by atoms with E-state index < -0.39 is 5.91 Å². The van der Waals surface area contributed by atoms with Gasteiger partial charge in [-0.25, -0.2) is 0 Å². The molecular weight excluding hydrogens is 350 g/mol. The molecule has 1 saturated carbocycles. The lowest BCUT2D eigenvalue weighted by molar-refractivity contribution is -0.120. The first kappa shape index (κ1) is 18.4. The van der Waals surface area contributed by atoms with Crippen LogP contribution in [0.5, 0.6) is 0 Å². The summed E-state index contributed by atoms with van der Waals surface area (Å²) in [5, 5.41) is 7.55. The Morgan fingerprint density at radius 2 is 1.96 bits per heavy atom. The van der Waals surface area contributed by atoms with Crippen molar-refractivity contribution in [1.82, 2.24) is 15.2 Å². The van der Waals surface area contributed by atoms with Gasteiger partial charge in [0.25, 0.3) is 11.5 Å². The predicted octanol–water partition coefficient (Wildman–Crippen LogP) is 1.80. The molecule has 2 aromatic heterocycles. The van der Waals surface area contributed by atoms with Gasteiger partial charge in [0, 0.05) is 30.1 Å². The van der Waals surface area contributed by atoms with E-state index in [0.29, 0.717) is 6.54 Å². The lowest BCUT2D eigenvalue weighted by Crippen LogP contribution is -2.44. The average Bonchev–Trinajstić information content (AvgIpc) is 3.32. The zero-order valence-corrected chi connectivity index (χ0v) is 15.6. The van der Waals surface area contributed by atoms with Gasteiger partial charge in [-0.3, -0.25) is 14.4 Å². The van der Waals surface area contributed by atoms with Crippen LogP contribution in [0.15, 0.2) is 40.6 Å². The molecule has 2 N–H and O–H groups in total. The third kappa shape index (κ3) is 3.88. The number of nitrogens with zero attached hydrogens (tertiary/aromatic N) is 1. The third-order valence-electron chi connectivity index (χ3n) is 5.01. The molecule has 3 rings (SSSR count). The van der Waals surface area contributed by atoms with Crippen molar-refractivity contribution in [2.24, 2.45) is 7.05 Å². The minimum atomic E-state index is -0.532. The van der Waals surface area contributed by atoms with Crippen LogP contribution in [0.25, 0.3) is 0 Å². The summed E-state index contributed by atoms with van der Waals surface area (Å²) >= 11 is 1.73. The largest absolute Gasteiger partial charge is 0.354 e. The first-order valence-corrected chi connectivity index (χ1v) is 9.64. The van der Waals surface area contributed by atoms with E-state index in [-0.39, 0.29) is 29.0 Å². The van der Waals surface area contributed by atoms with Gasteiger partial charge in [0.1, 0.15) is 5.56 Å². The summed E-state index contributed by atoms with van der Waals surface area (Å²) in [5.41, 5.74) is -0.329. The van der Waals surface area contributed by atoms with E-state index in [9.17, 15) is 14.4 Å². The standard InChI is InChI=1S/C19H23N3O3S/c1-22-10-4-6-14(18(22)25)17(24)20-12-16(23)21-13-19(8-2-3-9-19)15-7-5-11-26-15/h4-7,10-11H,2-3,8-9,12-13H2,1H3,(H,20,24)(H,21,23). The number of hydrogen-bond donors (Lipinski definition) is 2. The number of aryl methyl sites for hydroxylation is 1. The molecule has 0 unspecified atom stereocenters. The Labute approximate surface area is 156 Å². The minimum absolute atomic E-state index is 0.0171. The fourth-order valence-corrected chi connectivity index (χ4v) is 4.49. The summed E-state index contributed by atoms with van der Waals surface area (Å²) in [6.07, 6.45) is 6.06. The molecule has 2 aromatic rings. The molecule has 2 amide bonds. The van der Waals surface area contributed by atoms with Gasteiger partial charge in [-0.1, -0.05) is 18.9 Å². The van der Waals surface area contributed by atoms with E-state index >= 15 is 0 Å². The van der Waals surface area contributed by atoms with Crippen molar-refractivity contribution in [3.63, 3.8) is 0 Å². The van der Waals surface area contributed by atoms with Gasteiger partial charge in [-0.05, 0) is 36.4 Å². The first-order chi connectivity index (χ1) is 12.5. The Balaban J connectivity index is 1.55. The molecule has 0 aromatic carbocycles. The molecule has 138 valence electrons. The number of rotatable bonds is 6.